The van der Waals surface area contributed by atoms with Crippen molar-refractivity contribution in [3.63, 3.8) is 0 Å². The number of nitrogens with zero attached hydrogens (tertiary/aromatic N) is 2. The number of nitrogens with one attached hydrogen (secondary N) is 1. The molecule has 2 rings (SSSR count). The summed E-state index contributed by atoms with van der Waals surface area (Å²) in [6.45, 7) is 11.1. The Labute approximate surface area is 134 Å². The van der Waals surface area contributed by atoms with Crippen LogP contribution in [0.5, 0.6) is 0 Å². The molecule has 1 aromatic heterocycles. The molecule has 0 amide bonds. The van der Waals surface area contributed by atoms with Crippen LogP contribution in [-0.4, -0.2) is 24.6 Å². The summed E-state index contributed by atoms with van der Waals surface area (Å²) < 4.78 is 0. The zero-order chi connectivity index (χ0) is 15.1. The summed E-state index contributed by atoms with van der Waals surface area (Å²) in [6.07, 6.45) is 7.73. The van der Waals surface area contributed by atoms with Crippen molar-refractivity contribution in [1.82, 2.24) is 10.3 Å². The maximum absolute atomic E-state index is 5.04. The average Bonchev–Trinajstić information content (AvgIpc) is 3.26. The lowest BCUT2D eigenvalue weighted by molar-refractivity contribution is 0.675. The Morgan fingerprint density at radius 2 is 1.81 bits per heavy atom. The highest BCUT2D eigenvalue weighted by atomic mass is 32.1. The predicted molar refractivity (Wildman–Crippen MR) is 93.5 cm³/mol. The van der Waals surface area contributed by atoms with Crippen molar-refractivity contribution in [3.8, 4) is 0 Å². The average molecular weight is 310 g/mol. The molecule has 0 unspecified atom stereocenters. The van der Waals surface area contributed by atoms with Gasteiger partial charge in [-0.05, 0) is 32.2 Å². The van der Waals surface area contributed by atoms with Gasteiger partial charge in [0.15, 0.2) is 5.13 Å². The molecule has 1 aromatic rings. The fourth-order valence-electron chi connectivity index (χ4n) is 2.53. The van der Waals surface area contributed by atoms with Crippen LogP contribution in [0.4, 0.5) is 5.13 Å². The van der Waals surface area contributed by atoms with Gasteiger partial charge in [-0.25, -0.2) is 4.98 Å². The maximum Gasteiger partial charge on any atom is 0.185 e. The molecule has 1 N–H and O–H groups in total. The van der Waals surface area contributed by atoms with E-state index in [1.54, 1.807) is 0 Å². The van der Waals surface area contributed by atoms with Crippen molar-refractivity contribution < 1.29 is 0 Å². The van der Waals surface area contributed by atoms with E-state index in [-0.39, 0.29) is 0 Å². The highest BCUT2D eigenvalue weighted by molar-refractivity contribution is 7.15. The molecule has 1 aliphatic rings. The van der Waals surface area contributed by atoms with E-state index >= 15 is 0 Å². The van der Waals surface area contributed by atoms with Gasteiger partial charge in [-0.1, -0.05) is 33.6 Å². The highest BCUT2D eigenvalue weighted by Gasteiger charge is 2.30. The first-order valence-electron chi connectivity index (χ1n) is 8.75. The number of aromatic nitrogens is 1. The minimum atomic E-state index is 0.753. The summed E-state index contributed by atoms with van der Waals surface area (Å²) in [5.41, 5.74) is 1.40. The summed E-state index contributed by atoms with van der Waals surface area (Å²) in [4.78, 5) is 9.04. The number of anilines is 1. The molecular weight excluding hydrogens is 278 g/mol. The molecule has 21 heavy (non-hydrogen) atoms. The van der Waals surface area contributed by atoms with Gasteiger partial charge in [-0.3, -0.25) is 0 Å². The Morgan fingerprint density at radius 3 is 2.33 bits per heavy atom. The van der Waals surface area contributed by atoms with E-state index in [1.807, 2.05) is 11.3 Å². The molecule has 0 aliphatic heterocycles. The number of hydrogen-bond acceptors (Lipinski definition) is 4. The van der Waals surface area contributed by atoms with Crippen LogP contribution in [0.15, 0.2) is 0 Å². The molecule has 1 saturated carbocycles. The zero-order valence-corrected chi connectivity index (χ0v) is 14.8. The number of hydrogen-bond donors (Lipinski definition) is 1. The van der Waals surface area contributed by atoms with Gasteiger partial charge in [0.1, 0.15) is 0 Å². The van der Waals surface area contributed by atoms with Crippen LogP contribution in [-0.2, 0) is 6.54 Å². The summed E-state index contributed by atoms with van der Waals surface area (Å²) in [7, 11) is 0. The molecular formula is C17H31N3S. The summed E-state index contributed by atoms with van der Waals surface area (Å²) in [6, 6.07) is 0. The van der Waals surface area contributed by atoms with Gasteiger partial charge in [0.2, 0.25) is 0 Å². The van der Waals surface area contributed by atoms with Crippen molar-refractivity contribution in [2.45, 2.75) is 71.8 Å². The fourth-order valence-corrected chi connectivity index (χ4v) is 3.70. The van der Waals surface area contributed by atoms with Crippen LogP contribution in [0.2, 0.25) is 0 Å². The smallest absolute Gasteiger partial charge is 0.185 e. The first-order valence-corrected chi connectivity index (χ1v) is 9.57. The lowest BCUT2D eigenvalue weighted by atomic mass is 10.2. The fraction of sp³-hybridized carbons (Fsp3) is 0.824. The van der Waals surface area contributed by atoms with Crippen molar-refractivity contribution in [1.29, 1.82) is 0 Å². The molecule has 0 radical (unpaired) electrons. The maximum atomic E-state index is 5.04. The summed E-state index contributed by atoms with van der Waals surface area (Å²) >= 11 is 1.93. The second-order valence-electron chi connectivity index (χ2n) is 6.05. The molecule has 0 spiro atoms. The van der Waals surface area contributed by atoms with Crippen molar-refractivity contribution in [2.24, 2.45) is 0 Å². The monoisotopic (exact) mass is 309 g/mol. The molecule has 120 valence electrons. The van der Waals surface area contributed by atoms with Crippen LogP contribution in [0.3, 0.4) is 0 Å². The lowest BCUT2D eigenvalue weighted by Gasteiger charge is -2.21. The van der Waals surface area contributed by atoms with Crippen molar-refractivity contribution >= 4 is 16.5 Å². The van der Waals surface area contributed by atoms with E-state index in [0.717, 1.165) is 32.1 Å². The van der Waals surface area contributed by atoms with Gasteiger partial charge in [0.05, 0.1) is 5.69 Å². The normalized spacial score (nSPS) is 14.6. The topological polar surface area (TPSA) is 28.2 Å². The minimum absolute atomic E-state index is 0.753. The molecule has 1 heterocycles. The summed E-state index contributed by atoms with van der Waals surface area (Å²) in [5, 5.41) is 4.75. The van der Waals surface area contributed by atoms with Gasteiger partial charge in [0, 0.05) is 30.4 Å². The molecule has 1 aliphatic carbocycles. The third-order valence-electron chi connectivity index (χ3n) is 4.05. The van der Waals surface area contributed by atoms with Gasteiger partial charge in [-0.2, -0.15) is 0 Å². The van der Waals surface area contributed by atoms with E-state index in [1.165, 1.54) is 54.2 Å². The first kappa shape index (κ1) is 16.8. The third-order valence-corrected chi connectivity index (χ3v) is 5.18. The molecule has 3 nitrogen and oxygen atoms in total. The van der Waals surface area contributed by atoms with Crippen molar-refractivity contribution in [3.05, 3.63) is 10.6 Å². The Bertz CT molecular complexity index is 404. The van der Waals surface area contributed by atoms with Gasteiger partial charge < -0.3 is 10.2 Å². The molecule has 0 bridgehead atoms. The zero-order valence-electron chi connectivity index (χ0n) is 14.0. The van der Waals surface area contributed by atoms with Crippen LogP contribution < -0.4 is 10.2 Å². The van der Waals surface area contributed by atoms with E-state index < -0.39 is 0 Å². The van der Waals surface area contributed by atoms with Crippen LogP contribution in [0.1, 0.15) is 75.8 Å². The van der Waals surface area contributed by atoms with Crippen molar-refractivity contribution in [2.75, 3.05) is 24.5 Å². The number of thiazole rings is 1. The summed E-state index contributed by atoms with van der Waals surface area (Å²) in [5.74, 6) is 0.753. The molecule has 4 heteroatoms. The second-order valence-corrected chi connectivity index (χ2v) is 7.12. The van der Waals surface area contributed by atoms with Crippen LogP contribution >= 0.6 is 11.3 Å². The quantitative estimate of drug-likeness (QED) is 0.650. The molecule has 0 saturated heterocycles. The Morgan fingerprint density at radius 1 is 1.14 bits per heavy atom. The predicted octanol–water partition coefficient (Wildman–Crippen LogP) is 4.54. The molecule has 0 aromatic carbocycles. The van der Waals surface area contributed by atoms with E-state index in [0.29, 0.717) is 0 Å². The van der Waals surface area contributed by atoms with E-state index in [9.17, 15) is 0 Å². The minimum Gasteiger partial charge on any atom is -0.348 e. The Kier molecular flexibility index (Phi) is 6.97. The third kappa shape index (κ3) is 4.96. The highest BCUT2D eigenvalue weighted by Crippen LogP contribution is 2.44. The first-order chi connectivity index (χ1) is 10.3. The van der Waals surface area contributed by atoms with E-state index in [2.05, 4.69) is 31.0 Å². The molecule has 1 fully saturated rings. The molecule has 0 atom stereocenters. The standard InChI is InChI=1S/C17H31N3S/c1-4-7-11-20(12-8-5-2)17-19-16(14-9-10-14)15(21-17)13-18-6-3/h14,18H,4-13H2,1-3H3. The number of unbranched alkanes of at least 4 members (excludes halogenated alkanes) is 2. The SMILES string of the molecule is CCCCN(CCCC)c1nc(C2CC2)c(CNCC)s1. The Hall–Kier alpha value is -0.610. The van der Waals surface area contributed by atoms with Crippen LogP contribution in [0.25, 0.3) is 0 Å². The van der Waals surface area contributed by atoms with Crippen LogP contribution in [0, 0.1) is 0 Å². The van der Waals surface area contributed by atoms with Gasteiger partial charge in [0.25, 0.3) is 0 Å². The van der Waals surface area contributed by atoms with Gasteiger partial charge >= 0.3 is 0 Å². The number of rotatable bonds is 11. The second kappa shape index (κ2) is 8.74. The lowest BCUT2D eigenvalue weighted by Crippen LogP contribution is -2.25. The van der Waals surface area contributed by atoms with Gasteiger partial charge in [-0.15, -0.1) is 11.3 Å². The van der Waals surface area contributed by atoms with E-state index in [4.69, 9.17) is 4.98 Å². The largest absolute Gasteiger partial charge is 0.348 e. The Balaban J connectivity index is 2.10.